The van der Waals surface area contributed by atoms with Gasteiger partial charge < -0.3 is 10.5 Å². The Morgan fingerprint density at radius 2 is 2.42 bits per heavy atom. The van der Waals surface area contributed by atoms with Crippen molar-refractivity contribution in [2.24, 2.45) is 5.73 Å². The van der Waals surface area contributed by atoms with Crippen LogP contribution < -0.4 is 5.73 Å². The highest BCUT2D eigenvalue weighted by Gasteiger charge is 2.16. The fourth-order valence-corrected chi connectivity index (χ4v) is 1.18. The average Bonchev–Trinajstić information content (AvgIpc) is 2.00. The van der Waals surface area contributed by atoms with Crippen molar-refractivity contribution in [3.8, 4) is 0 Å². The Hall–Kier alpha value is -0.420. The lowest BCUT2D eigenvalue weighted by atomic mass is 10.5. The number of halogens is 1. The van der Waals surface area contributed by atoms with Crippen LogP contribution in [0.4, 0.5) is 0 Å². The number of thioether (sulfide) groups is 1. The lowest BCUT2D eigenvalue weighted by Gasteiger charge is -2.06. The van der Waals surface area contributed by atoms with Gasteiger partial charge in [-0.05, 0) is 6.92 Å². The third-order valence-corrected chi connectivity index (χ3v) is 2.25. The maximum absolute atomic E-state index is 10.9. The number of nitrogens with one attached hydrogen (secondary N) is 1. The highest BCUT2D eigenvalue weighted by atomic mass is 35.5. The third-order valence-electron chi connectivity index (χ3n) is 0.928. The molecule has 3 N–H and O–H groups in total. The molecule has 1 atom stereocenters. The molecule has 0 aromatic heterocycles. The van der Waals surface area contributed by atoms with E-state index in [1.807, 2.05) is 0 Å². The number of rotatable bonds is 4. The fraction of sp³-hybridized carbons (Fsp3) is 0.667. The molecule has 0 bridgehead atoms. The van der Waals surface area contributed by atoms with Crippen LogP contribution in [0.5, 0.6) is 0 Å². The molecule has 6 heteroatoms. The summed E-state index contributed by atoms with van der Waals surface area (Å²) in [5, 5.41) is 6.09. The minimum absolute atomic E-state index is 0.0510. The third kappa shape index (κ3) is 5.26. The molecule has 0 amide bonds. The smallest absolute Gasteiger partial charge is 0.324 e. The maximum Gasteiger partial charge on any atom is 0.324 e. The lowest BCUT2D eigenvalue weighted by Crippen LogP contribution is -2.21. The summed E-state index contributed by atoms with van der Waals surface area (Å²) in [6, 6.07) is 0. The number of carbonyl (C=O) groups is 1. The lowest BCUT2D eigenvalue weighted by molar-refractivity contribution is -0.142. The van der Waals surface area contributed by atoms with E-state index >= 15 is 0 Å². The van der Waals surface area contributed by atoms with Crippen LogP contribution in [0.1, 0.15) is 6.92 Å². The number of carbonyl (C=O) groups excluding carboxylic acids is 1. The Morgan fingerprint density at radius 3 is 2.83 bits per heavy atom. The SMILES string of the molecule is CCOC(=O)C(Cl)CSC(=N)N. The monoisotopic (exact) mass is 210 g/mol. The molecule has 0 aromatic rings. The molecule has 0 rings (SSSR count). The molecule has 0 radical (unpaired) electrons. The average molecular weight is 211 g/mol. The van der Waals surface area contributed by atoms with Crippen molar-refractivity contribution in [3.05, 3.63) is 0 Å². The van der Waals surface area contributed by atoms with Gasteiger partial charge >= 0.3 is 5.97 Å². The summed E-state index contributed by atoms with van der Waals surface area (Å²) in [7, 11) is 0. The van der Waals surface area contributed by atoms with Gasteiger partial charge in [0, 0.05) is 5.75 Å². The predicted octanol–water partition coefficient (Wildman–Crippen LogP) is 0.784. The maximum atomic E-state index is 10.9. The molecule has 70 valence electrons. The molecule has 0 aromatic carbocycles. The molecule has 0 aliphatic heterocycles. The van der Waals surface area contributed by atoms with Gasteiger partial charge in [-0.25, -0.2) is 0 Å². The first-order valence-electron chi connectivity index (χ1n) is 3.35. The van der Waals surface area contributed by atoms with Crippen LogP contribution in [0, 0.1) is 5.41 Å². The molecule has 4 nitrogen and oxygen atoms in total. The van der Waals surface area contributed by atoms with Crippen LogP contribution in [0.15, 0.2) is 0 Å². The zero-order chi connectivity index (χ0) is 9.56. The highest BCUT2D eigenvalue weighted by molar-refractivity contribution is 8.13. The second-order valence-electron chi connectivity index (χ2n) is 1.89. The number of amidine groups is 1. The van der Waals surface area contributed by atoms with Crippen molar-refractivity contribution >= 4 is 34.5 Å². The van der Waals surface area contributed by atoms with Gasteiger partial charge in [-0.15, -0.1) is 11.6 Å². The summed E-state index contributed by atoms with van der Waals surface area (Å²) in [6.07, 6.45) is 0. The van der Waals surface area contributed by atoms with Crippen LogP contribution in [-0.4, -0.2) is 28.9 Å². The van der Waals surface area contributed by atoms with Crippen LogP contribution in [0.2, 0.25) is 0 Å². The van der Waals surface area contributed by atoms with Gasteiger partial charge in [-0.3, -0.25) is 10.2 Å². The van der Waals surface area contributed by atoms with Gasteiger partial charge in [0.2, 0.25) is 0 Å². The predicted molar refractivity (Wildman–Crippen MR) is 50.6 cm³/mol. The Balaban J connectivity index is 3.63. The van der Waals surface area contributed by atoms with Gasteiger partial charge in [0.15, 0.2) is 5.17 Å². The van der Waals surface area contributed by atoms with E-state index in [1.165, 1.54) is 0 Å². The second-order valence-corrected chi connectivity index (χ2v) is 3.48. The molecular formula is C6H11ClN2O2S. The molecule has 0 saturated carbocycles. The first kappa shape index (κ1) is 11.6. The van der Waals surface area contributed by atoms with E-state index in [-0.39, 0.29) is 10.9 Å². The van der Waals surface area contributed by atoms with Crippen molar-refractivity contribution in [3.63, 3.8) is 0 Å². The Morgan fingerprint density at radius 1 is 1.83 bits per heavy atom. The van der Waals surface area contributed by atoms with Gasteiger partial charge in [0.25, 0.3) is 0 Å². The van der Waals surface area contributed by atoms with Gasteiger partial charge in [-0.2, -0.15) is 0 Å². The number of nitrogens with two attached hydrogens (primary N) is 1. The minimum atomic E-state index is -0.723. The van der Waals surface area contributed by atoms with Crippen molar-refractivity contribution in [2.45, 2.75) is 12.3 Å². The summed E-state index contributed by atoms with van der Waals surface area (Å²) in [4.78, 5) is 10.9. The molecule has 1 unspecified atom stereocenters. The Labute approximate surface area is 80.3 Å². The van der Waals surface area contributed by atoms with E-state index in [1.54, 1.807) is 6.92 Å². The fourth-order valence-electron chi connectivity index (χ4n) is 0.464. The van der Waals surface area contributed by atoms with E-state index < -0.39 is 11.3 Å². The molecule has 0 saturated heterocycles. The molecular weight excluding hydrogens is 200 g/mol. The standard InChI is InChI=1S/C6H11ClN2O2S/c1-2-11-5(10)4(7)3-12-6(8)9/h4H,2-3H2,1H3,(H3,8,9). The summed E-state index contributed by atoms with van der Waals surface area (Å²) in [6.45, 7) is 2.02. The number of esters is 1. The zero-order valence-corrected chi connectivity index (χ0v) is 8.24. The van der Waals surface area contributed by atoms with E-state index in [9.17, 15) is 4.79 Å². The Bertz CT molecular complexity index is 177. The first-order chi connectivity index (χ1) is 5.57. The van der Waals surface area contributed by atoms with E-state index in [0.29, 0.717) is 6.61 Å². The van der Waals surface area contributed by atoms with Gasteiger partial charge in [0.05, 0.1) is 6.61 Å². The largest absolute Gasteiger partial charge is 0.465 e. The normalized spacial score (nSPS) is 12.2. The van der Waals surface area contributed by atoms with Crippen LogP contribution >= 0.6 is 23.4 Å². The van der Waals surface area contributed by atoms with E-state index in [2.05, 4.69) is 4.74 Å². The van der Waals surface area contributed by atoms with Crippen molar-refractivity contribution < 1.29 is 9.53 Å². The molecule has 12 heavy (non-hydrogen) atoms. The molecule has 0 fully saturated rings. The van der Waals surface area contributed by atoms with Crippen molar-refractivity contribution in [1.82, 2.24) is 0 Å². The van der Waals surface area contributed by atoms with E-state index in [4.69, 9.17) is 22.7 Å². The van der Waals surface area contributed by atoms with Crippen molar-refractivity contribution in [1.29, 1.82) is 5.41 Å². The molecule has 0 aliphatic carbocycles. The van der Waals surface area contributed by atoms with Crippen LogP contribution in [-0.2, 0) is 9.53 Å². The topological polar surface area (TPSA) is 76.2 Å². The number of alkyl halides is 1. The van der Waals surface area contributed by atoms with Gasteiger partial charge in [0.1, 0.15) is 5.38 Å². The number of ether oxygens (including phenoxy) is 1. The first-order valence-corrected chi connectivity index (χ1v) is 4.77. The zero-order valence-electron chi connectivity index (χ0n) is 6.67. The highest BCUT2D eigenvalue weighted by Crippen LogP contribution is 2.08. The summed E-state index contributed by atoms with van der Waals surface area (Å²) >= 11 is 6.63. The minimum Gasteiger partial charge on any atom is -0.465 e. The summed E-state index contributed by atoms with van der Waals surface area (Å²) < 4.78 is 4.64. The Kier molecular flexibility index (Phi) is 5.92. The van der Waals surface area contributed by atoms with Crippen LogP contribution in [0.3, 0.4) is 0 Å². The summed E-state index contributed by atoms with van der Waals surface area (Å²) in [5.74, 6) is -0.191. The molecule has 0 heterocycles. The van der Waals surface area contributed by atoms with E-state index in [0.717, 1.165) is 11.8 Å². The quantitative estimate of drug-likeness (QED) is 0.311. The van der Waals surface area contributed by atoms with Gasteiger partial charge in [-0.1, -0.05) is 11.8 Å². The molecule has 0 aliphatic rings. The molecule has 0 spiro atoms. The second kappa shape index (κ2) is 6.14. The van der Waals surface area contributed by atoms with Crippen molar-refractivity contribution in [2.75, 3.05) is 12.4 Å². The van der Waals surface area contributed by atoms with Crippen LogP contribution in [0.25, 0.3) is 0 Å². The number of hydrogen-bond donors (Lipinski definition) is 2. The number of hydrogen-bond acceptors (Lipinski definition) is 4. The summed E-state index contributed by atoms with van der Waals surface area (Å²) in [5.41, 5.74) is 5.05.